The van der Waals surface area contributed by atoms with E-state index in [1.165, 1.54) is 0 Å². The molecule has 5 N–H and O–H groups in total. The Bertz CT molecular complexity index is 476. The third-order valence-electron chi connectivity index (χ3n) is 4.77. The molecule has 0 spiro atoms. The van der Waals surface area contributed by atoms with Crippen LogP contribution in [0.15, 0.2) is 0 Å². The lowest BCUT2D eigenvalue weighted by atomic mass is 10.0. The smallest absolute Gasteiger partial charge is 0.242 e. The molecule has 2 amide bonds. The Hall–Kier alpha value is -1.26. The molecule has 0 saturated carbocycles. The van der Waals surface area contributed by atoms with Crippen LogP contribution in [0, 0.1) is 0 Å². The largest absolute Gasteiger partial charge is 0.388 e. The van der Waals surface area contributed by atoms with Gasteiger partial charge in [-0.3, -0.25) is 9.59 Å². The van der Waals surface area contributed by atoms with E-state index in [1.807, 2.05) is 0 Å². The number of unbranched alkanes of at least 4 members (excludes halogenated alkanes) is 3. The molecule has 0 aromatic rings. The van der Waals surface area contributed by atoms with Gasteiger partial charge in [-0.05, 0) is 26.2 Å². The van der Waals surface area contributed by atoms with Crippen molar-refractivity contribution in [3.63, 3.8) is 0 Å². The second kappa shape index (κ2) is 10.2. The molecule has 26 heavy (non-hydrogen) atoms. The Morgan fingerprint density at radius 2 is 1.92 bits per heavy atom. The summed E-state index contributed by atoms with van der Waals surface area (Å²) in [5, 5.41) is 34.6. The number of carbonyl (C=O) groups excluding carboxylic acids is 2. The highest BCUT2D eigenvalue weighted by Crippen LogP contribution is 2.22. The van der Waals surface area contributed by atoms with Crippen LogP contribution >= 0.6 is 0 Å². The molecule has 9 heteroatoms. The first-order valence-electron chi connectivity index (χ1n) is 9.28. The van der Waals surface area contributed by atoms with Crippen LogP contribution in [0.2, 0.25) is 0 Å². The Labute approximate surface area is 153 Å². The minimum atomic E-state index is -1.28. The van der Waals surface area contributed by atoms with Gasteiger partial charge < -0.3 is 35.4 Å². The van der Waals surface area contributed by atoms with Gasteiger partial charge in [0.05, 0.1) is 6.10 Å². The fourth-order valence-corrected chi connectivity index (χ4v) is 3.08. The van der Waals surface area contributed by atoms with Gasteiger partial charge in [-0.25, -0.2) is 0 Å². The molecule has 2 saturated heterocycles. The van der Waals surface area contributed by atoms with Crippen LogP contribution < -0.4 is 10.6 Å². The fourth-order valence-electron chi connectivity index (χ4n) is 3.08. The number of hydrogen-bond acceptors (Lipinski definition) is 7. The van der Waals surface area contributed by atoms with Crippen molar-refractivity contribution in [2.45, 2.75) is 82.2 Å². The summed E-state index contributed by atoms with van der Waals surface area (Å²) in [5.41, 5.74) is 0. The van der Waals surface area contributed by atoms with Gasteiger partial charge in [-0.2, -0.15) is 0 Å². The molecule has 150 valence electrons. The predicted molar refractivity (Wildman–Crippen MR) is 90.9 cm³/mol. The van der Waals surface area contributed by atoms with Gasteiger partial charge in [0.15, 0.2) is 6.29 Å². The highest BCUT2D eigenvalue weighted by molar-refractivity contribution is 5.90. The van der Waals surface area contributed by atoms with Crippen molar-refractivity contribution in [2.24, 2.45) is 0 Å². The van der Waals surface area contributed by atoms with Crippen molar-refractivity contribution < 1.29 is 34.4 Å². The topological polar surface area (TPSA) is 137 Å². The van der Waals surface area contributed by atoms with E-state index in [0.717, 1.165) is 25.7 Å². The van der Waals surface area contributed by atoms with Gasteiger partial charge in [0, 0.05) is 19.6 Å². The van der Waals surface area contributed by atoms with Gasteiger partial charge >= 0.3 is 0 Å². The molecule has 0 aromatic heterocycles. The summed E-state index contributed by atoms with van der Waals surface area (Å²) in [5.74, 6) is -0.203. The predicted octanol–water partition coefficient (Wildman–Crippen LogP) is -1.21. The van der Waals surface area contributed by atoms with E-state index in [-0.39, 0.29) is 11.8 Å². The average Bonchev–Trinajstić information content (AvgIpc) is 3.06. The Morgan fingerprint density at radius 1 is 1.19 bits per heavy atom. The minimum Gasteiger partial charge on any atom is -0.388 e. The minimum absolute atomic E-state index is 0.0753. The zero-order valence-corrected chi connectivity index (χ0v) is 15.1. The van der Waals surface area contributed by atoms with Crippen LogP contribution in [0.1, 0.15) is 45.4 Å². The lowest BCUT2D eigenvalue weighted by molar-refractivity contribution is -0.293. The second-order valence-electron chi connectivity index (χ2n) is 6.92. The number of hydrogen-bond donors (Lipinski definition) is 5. The van der Waals surface area contributed by atoms with Gasteiger partial charge in [0.25, 0.3) is 0 Å². The first-order chi connectivity index (χ1) is 12.4. The Kier molecular flexibility index (Phi) is 8.23. The van der Waals surface area contributed by atoms with Crippen LogP contribution in [-0.2, 0) is 19.1 Å². The van der Waals surface area contributed by atoms with Crippen LogP contribution in [0.3, 0.4) is 0 Å². The van der Waals surface area contributed by atoms with Gasteiger partial charge in [0.1, 0.15) is 24.4 Å². The summed E-state index contributed by atoms with van der Waals surface area (Å²) in [6.07, 6.45) is -0.874. The van der Waals surface area contributed by atoms with Crippen molar-refractivity contribution in [1.29, 1.82) is 0 Å². The fraction of sp³-hybridized carbons (Fsp3) is 0.882. The summed E-state index contributed by atoms with van der Waals surface area (Å²) >= 11 is 0. The molecule has 6 atom stereocenters. The quantitative estimate of drug-likeness (QED) is 0.319. The number of carbonyl (C=O) groups is 2. The maximum absolute atomic E-state index is 11.8. The molecule has 0 radical (unpaired) electrons. The van der Waals surface area contributed by atoms with Gasteiger partial charge in [-0.15, -0.1) is 0 Å². The number of ether oxygens (including phenoxy) is 2. The van der Waals surface area contributed by atoms with E-state index < -0.39 is 36.7 Å². The van der Waals surface area contributed by atoms with Crippen molar-refractivity contribution >= 4 is 11.8 Å². The number of nitrogens with one attached hydrogen (secondary N) is 2. The summed E-state index contributed by atoms with van der Waals surface area (Å²) in [6, 6.07) is -0.394. The number of aliphatic hydroxyl groups excluding tert-OH is 3. The zero-order chi connectivity index (χ0) is 19.1. The van der Waals surface area contributed by atoms with E-state index in [1.54, 1.807) is 6.92 Å². The normalized spacial score (nSPS) is 34.5. The van der Waals surface area contributed by atoms with Crippen molar-refractivity contribution in [1.82, 2.24) is 10.6 Å². The van der Waals surface area contributed by atoms with Gasteiger partial charge in [-0.1, -0.05) is 12.8 Å². The standard InChI is InChI=1S/C17H30N2O7/c1-10-13(21)14(22)15(23)17(26-10)25-9-5-3-2-4-8-18-16(24)11-6-7-12(20)19-11/h10-11,13-15,17,21-23H,2-9H2,1H3,(H,18,24)(H,19,20)/t10-,11-,13+,14+,15-,17-/m0/s1. The van der Waals surface area contributed by atoms with Crippen LogP contribution in [0.5, 0.6) is 0 Å². The first kappa shape index (κ1) is 21.0. The van der Waals surface area contributed by atoms with E-state index >= 15 is 0 Å². The number of amides is 2. The molecule has 0 aliphatic carbocycles. The lowest BCUT2D eigenvalue weighted by Gasteiger charge is -2.38. The third-order valence-corrected chi connectivity index (χ3v) is 4.77. The summed E-state index contributed by atoms with van der Waals surface area (Å²) in [6.45, 7) is 2.55. The summed E-state index contributed by atoms with van der Waals surface area (Å²) in [7, 11) is 0. The van der Waals surface area contributed by atoms with E-state index in [9.17, 15) is 24.9 Å². The van der Waals surface area contributed by atoms with Crippen molar-refractivity contribution in [3.8, 4) is 0 Å². The van der Waals surface area contributed by atoms with Crippen LogP contribution in [-0.4, -0.2) is 77.0 Å². The van der Waals surface area contributed by atoms with Crippen molar-refractivity contribution in [2.75, 3.05) is 13.2 Å². The van der Waals surface area contributed by atoms with Crippen LogP contribution in [0.25, 0.3) is 0 Å². The average molecular weight is 374 g/mol. The Balaban J connectivity index is 1.48. The molecule has 2 aliphatic heterocycles. The molecule has 9 nitrogen and oxygen atoms in total. The third kappa shape index (κ3) is 5.88. The molecule has 2 fully saturated rings. The van der Waals surface area contributed by atoms with E-state index in [0.29, 0.717) is 26.0 Å². The molecular formula is C17H30N2O7. The molecule has 0 unspecified atom stereocenters. The zero-order valence-electron chi connectivity index (χ0n) is 15.1. The molecular weight excluding hydrogens is 344 g/mol. The highest BCUT2D eigenvalue weighted by Gasteiger charge is 2.42. The molecule has 0 bridgehead atoms. The molecule has 2 aliphatic rings. The van der Waals surface area contributed by atoms with E-state index in [4.69, 9.17) is 9.47 Å². The number of rotatable bonds is 9. The summed E-state index contributed by atoms with van der Waals surface area (Å²) < 4.78 is 10.8. The summed E-state index contributed by atoms with van der Waals surface area (Å²) in [4.78, 5) is 22.9. The molecule has 2 heterocycles. The maximum atomic E-state index is 11.8. The lowest BCUT2D eigenvalue weighted by Crippen LogP contribution is -2.57. The molecule has 2 rings (SSSR count). The maximum Gasteiger partial charge on any atom is 0.242 e. The number of aliphatic hydroxyl groups is 3. The van der Waals surface area contributed by atoms with Crippen LogP contribution in [0.4, 0.5) is 0 Å². The van der Waals surface area contributed by atoms with E-state index in [2.05, 4.69) is 10.6 Å². The monoisotopic (exact) mass is 374 g/mol. The van der Waals surface area contributed by atoms with Crippen molar-refractivity contribution in [3.05, 3.63) is 0 Å². The highest BCUT2D eigenvalue weighted by atomic mass is 16.7. The second-order valence-corrected chi connectivity index (χ2v) is 6.92. The van der Waals surface area contributed by atoms with Gasteiger partial charge in [0.2, 0.25) is 11.8 Å². The Morgan fingerprint density at radius 3 is 2.62 bits per heavy atom. The SMILES string of the molecule is C[C@@H]1O[C@H](OCCCCCCNC(=O)[C@@H]2CCC(=O)N2)[C@@H](O)[C@H](O)[C@@H]1O. The first-order valence-corrected chi connectivity index (χ1v) is 9.28. The molecule has 0 aromatic carbocycles.